The summed E-state index contributed by atoms with van der Waals surface area (Å²) in [5, 5.41) is 0. The molecule has 0 radical (unpaired) electrons. The van der Waals surface area contributed by atoms with Gasteiger partial charge >= 0.3 is 0 Å². The summed E-state index contributed by atoms with van der Waals surface area (Å²) in [4.78, 5) is 17.8. The Morgan fingerprint density at radius 1 is 1.29 bits per heavy atom. The molecule has 0 aliphatic carbocycles. The van der Waals surface area contributed by atoms with Crippen molar-refractivity contribution in [3.63, 3.8) is 0 Å². The molecule has 0 amide bonds. The topological polar surface area (TPSA) is 71.8 Å². The first kappa shape index (κ1) is 11.4. The Bertz CT molecular complexity index is 558. The number of aromatic nitrogens is 2. The Morgan fingerprint density at radius 3 is 2.59 bits per heavy atom. The van der Waals surface area contributed by atoms with Crippen LogP contribution in [0.5, 0.6) is 0 Å². The van der Waals surface area contributed by atoms with Gasteiger partial charge in [-0.2, -0.15) is 0 Å². The van der Waals surface area contributed by atoms with Gasteiger partial charge in [0.05, 0.1) is 5.69 Å². The first-order valence-electron chi connectivity index (χ1n) is 5.65. The van der Waals surface area contributed by atoms with Gasteiger partial charge in [0.1, 0.15) is 0 Å². The zero-order chi connectivity index (χ0) is 12.3. The second kappa shape index (κ2) is 4.82. The van der Waals surface area contributed by atoms with Gasteiger partial charge in [0.2, 0.25) is 5.95 Å². The number of H-pyrrole nitrogens is 1. The predicted molar refractivity (Wildman–Crippen MR) is 68.7 cm³/mol. The summed E-state index contributed by atoms with van der Waals surface area (Å²) in [6.45, 7) is 2.15. The molecule has 4 heteroatoms. The highest BCUT2D eigenvalue weighted by Gasteiger charge is 2.02. The number of rotatable bonds is 3. The van der Waals surface area contributed by atoms with Crippen molar-refractivity contribution in [2.75, 3.05) is 5.73 Å². The molecule has 0 unspecified atom stereocenters. The SMILES string of the molecule is CCCc1ccc(-c2cc(=O)[nH]c(N)n2)cc1. The van der Waals surface area contributed by atoms with E-state index in [4.69, 9.17) is 5.73 Å². The summed E-state index contributed by atoms with van der Waals surface area (Å²) >= 11 is 0. The minimum Gasteiger partial charge on any atom is -0.369 e. The number of nitrogen functional groups attached to an aromatic ring is 1. The van der Waals surface area contributed by atoms with E-state index >= 15 is 0 Å². The van der Waals surface area contributed by atoms with Crippen molar-refractivity contribution in [3.05, 3.63) is 46.2 Å². The molecule has 0 fully saturated rings. The van der Waals surface area contributed by atoms with Crippen LogP contribution in [-0.2, 0) is 6.42 Å². The molecule has 88 valence electrons. The van der Waals surface area contributed by atoms with Crippen molar-refractivity contribution in [1.82, 2.24) is 9.97 Å². The minimum absolute atomic E-state index is 0.144. The van der Waals surface area contributed by atoms with Crippen LogP contribution in [0.25, 0.3) is 11.3 Å². The molecule has 1 aromatic carbocycles. The van der Waals surface area contributed by atoms with Crippen molar-refractivity contribution in [3.8, 4) is 11.3 Å². The van der Waals surface area contributed by atoms with Crippen LogP contribution in [0, 0.1) is 0 Å². The summed E-state index contributed by atoms with van der Waals surface area (Å²) < 4.78 is 0. The highest BCUT2D eigenvalue weighted by molar-refractivity contribution is 5.59. The number of nitrogens with zero attached hydrogens (tertiary/aromatic N) is 1. The number of hydrogen-bond donors (Lipinski definition) is 2. The Morgan fingerprint density at radius 2 is 2.00 bits per heavy atom. The lowest BCUT2D eigenvalue weighted by atomic mass is 10.1. The predicted octanol–water partition coefficient (Wildman–Crippen LogP) is 1.97. The van der Waals surface area contributed by atoms with Crippen LogP contribution in [0.1, 0.15) is 18.9 Å². The second-order valence-corrected chi connectivity index (χ2v) is 3.96. The fourth-order valence-electron chi connectivity index (χ4n) is 1.76. The normalized spacial score (nSPS) is 10.4. The zero-order valence-electron chi connectivity index (χ0n) is 9.73. The fourth-order valence-corrected chi connectivity index (χ4v) is 1.76. The fraction of sp³-hybridized carbons (Fsp3) is 0.231. The molecule has 3 N–H and O–H groups in total. The second-order valence-electron chi connectivity index (χ2n) is 3.96. The van der Waals surface area contributed by atoms with Crippen LogP contribution < -0.4 is 11.3 Å². The third-order valence-corrected chi connectivity index (χ3v) is 2.55. The van der Waals surface area contributed by atoms with Crippen molar-refractivity contribution < 1.29 is 0 Å². The standard InChI is InChI=1S/C13H15N3O/c1-2-3-9-4-6-10(7-5-9)11-8-12(17)16-13(14)15-11/h4-8H,2-3H2,1H3,(H3,14,15,16,17). The van der Waals surface area contributed by atoms with Gasteiger partial charge in [-0.3, -0.25) is 9.78 Å². The van der Waals surface area contributed by atoms with Crippen molar-refractivity contribution in [1.29, 1.82) is 0 Å². The van der Waals surface area contributed by atoms with E-state index in [0.29, 0.717) is 5.69 Å². The molecular weight excluding hydrogens is 214 g/mol. The largest absolute Gasteiger partial charge is 0.369 e. The molecule has 2 rings (SSSR count). The number of anilines is 1. The first-order valence-corrected chi connectivity index (χ1v) is 5.65. The average molecular weight is 229 g/mol. The lowest BCUT2D eigenvalue weighted by Gasteiger charge is -2.03. The molecule has 0 bridgehead atoms. The highest BCUT2D eigenvalue weighted by atomic mass is 16.1. The number of nitrogens with two attached hydrogens (primary N) is 1. The molecule has 17 heavy (non-hydrogen) atoms. The van der Waals surface area contributed by atoms with E-state index in [1.165, 1.54) is 11.6 Å². The van der Waals surface area contributed by atoms with E-state index in [1.807, 2.05) is 12.1 Å². The van der Waals surface area contributed by atoms with Crippen molar-refractivity contribution in [2.24, 2.45) is 0 Å². The summed E-state index contributed by atoms with van der Waals surface area (Å²) in [6, 6.07) is 9.49. The van der Waals surface area contributed by atoms with Crippen molar-refractivity contribution in [2.45, 2.75) is 19.8 Å². The molecule has 0 saturated carbocycles. The Kier molecular flexibility index (Phi) is 3.23. The maximum Gasteiger partial charge on any atom is 0.252 e. The molecule has 0 atom stereocenters. The monoisotopic (exact) mass is 229 g/mol. The maximum absolute atomic E-state index is 11.3. The number of benzene rings is 1. The Hall–Kier alpha value is -2.10. The zero-order valence-corrected chi connectivity index (χ0v) is 9.73. The number of aryl methyl sites for hydroxylation is 1. The average Bonchev–Trinajstić information content (AvgIpc) is 2.29. The van der Waals surface area contributed by atoms with E-state index < -0.39 is 0 Å². The Balaban J connectivity index is 2.36. The van der Waals surface area contributed by atoms with E-state index in [2.05, 4.69) is 29.0 Å². The molecule has 4 nitrogen and oxygen atoms in total. The van der Waals surface area contributed by atoms with Gasteiger partial charge in [0, 0.05) is 11.6 Å². The third-order valence-electron chi connectivity index (χ3n) is 2.55. The number of aromatic amines is 1. The summed E-state index contributed by atoms with van der Waals surface area (Å²) in [5.74, 6) is 0.144. The number of hydrogen-bond acceptors (Lipinski definition) is 3. The molecule has 2 aromatic rings. The molecular formula is C13H15N3O. The quantitative estimate of drug-likeness (QED) is 0.845. The summed E-state index contributed by atoms with van der Waals surface area (Å²) in [7, 11) is 0. The van der Waals surface area contributed by atoms with Crippen LogP contribution in [-0.4, -0.2) is 9.97 Å². The van der Waals surface area contributed by atoms with Crippen molar-refractivity contribution >= 4 is 5.95 Å². The summed E-state index contributed by atoms with van der Waals surface area (Å²) in [6.07, 6.45) is 2.18. The third kappa shape index (κ3) is 2.72. The molecule has 0 aliphatic heterocycles. The van der Waals surface area contributed by atoms with Crippen LogP contribution >= 0.6 is 0 Å². The molecule has 0 aliphatic rings. The van der Waals surface area contributed by atoms with Gasteiger partial charge in [-0.1, -0.05) is 37.6 Å². The molecule has 1 heterocycles. The van der Waals surface area contributed by atoms with Gasteiger partial charge in [-0.15, -0.1) is 0 Å². The van der Waals surface area contributed by atoms with Crippen LogP contribution in [0.4, 0.5) is 5.95 Å². The van der Waals surface area contributed by atoms with E-state index in [0.717, 1.165) is 18.4 Å². The first-order chi connectivity index (χ1) is 8.19. The Labute approximate surface area is 99.5 Å². The van der Waals surface area contributed by atoms with Gasteiger partial charge in [0.15, 0.2) is 0 Å². The van der Waals surface area contributed by atoms with Gasteiger partial charge in [-0.25, -0.2) is 4.98 Å². The molecule has 0 saturated heterocycles. The van der Waals surface area contributed by atoms with Crippen LogP contribution in [0.2, 0.25) is 0 Å². The highest BCUT2D eigenvalue weighted by Crippen LogP contribution is 2.17. The van der Waals surface area contributed by atoms with E-state index in [9.17, 15) is 4.79 Å². The number of nitrogens with one attached hydrogen (secondary N) is 1. The van der Waals surface area contributed by atoms with E-state index in [-0.39, 0.29) is 11.5 Å². The van der Waals surface area contributed by atoms with Crippen LogP contribution in [0.3, 0.4) is 0 Å². The van der Waals surface area contributed by atoms with Gasteiger partial charge in [-0.05, 0) is 12.0 Å². The summed E-state index contributed by atoms with van der Waals surface area (Å²) in [5.41, 5.74) is 8.07. The smallest absolute Gasteiger partial charge is 0.252 e. The van der Waals surface area contributed by atoms with Gasteiger partial charge < -0.3 is 5.73 Å². The van der Waals surface area contributed by atoms with Gasteiger partial charge in [0.25, 0.3) is 5.56 Å². The lowest BCUT2D eigenvalue weighted by Crippen LogP contribution is -2.10. The maximum atomic E-state index is 11.3. The van der Waals surface area contributed by atoms with E-state index in [1.54, 1.807) is 0 Å². The lowest BCUT2D eigenvalue weighted by molar-refractivity contribution is 0.922. The van der Waals surface area contributed by atoms with Crippen LogP contribution in [0.15, 0.2) is 35.1 Å². The molecule has 0 spiro atoms. The minimum atomic E-state index is -0.231. The molecule has 1 aromatic heterocycles.